The second kappa shape index (κ2) is 10.8. The predicted molar refractivity (Wildman–Crippen MR) is 99.7 cm³/mol. The van der Waals surface area contributed by atoms with Gasteiger partial charge in [-0.05, 0) is 61.4 Å². The van der Waals surface area contributed by atoms with Gasteiger partial charge in [0.15, 0.2) is 0 Å². The molecule has 2 rings (SSSR count). The molecular weight excluding hydrogens is 349 g/mol. The van der Waals surface area contributed by atoms with Gasteiger partial charge < -0.3 is 14.8 Å². The Morgan fingerprint density at radius 3 is 2.33 bits per heavy atom. The first-order valence-corrected chi connectivity index (χ1v) is 7.87. The van der Waals surface area contributed by atoms with E-state index in [4.69, 9.17) is 16.3 Å². The zero-order chi connectivity index (χ0) is 16.5. The van der Waals surface area contributed by atoms with Gasteiger partial charge in [-0.1, -0.05) is 11.6 Å². The predicted octanol–water partition coefficient (Wildman–Crippen LogP) is 4.82. The third-order valence-corrected chi connectivity index (χ3v) is 3.54. The lowest BCUT2D eigenvalue weighted by Crippen LogP contribution is -2.05. The summed E-state index contributed by atoms with van der Waals surface area (Å²) in [6.07, 6.45) is 1.95. The molecule has 0 aliphatic carbocycles. The average Bonchev–Trinajstić information content (AvgIpc) is 2.59. The number of carbonyl (C=O) groups excluding carboxylic acids is 1. The first kappa shape index (κ1) is 20.1. The van der Waals surface area contributed by atoms with Gasteiger partial charge in [0.1, 0.15) is 5.75 Å². The highest BCUT2D eigenvalue weighted by Gasteiger charge is 2.04. The van der Waals surface area contributed by atoms with Crippen molar-refractivity contribution in [3.63, 3.8) is 0 Å². The number of benzene rings is 2. The molecule has 0 amide bonds. The van der Waals surface area contributed by atoms with Gasteiger partial charge >= 0.3 is 5.97 Å². The van der Waals surface area contributed by atoms with Crippen LogP contribution in [-0.4, -0.2) is 26.2 Å². The largest absolute Gasteiger partial charge is 0.494 e. The van der Waals surface area contributed by atoms with Gasteiger partial charge in [-0.2, -0.15) is 0 Å². The average molecular weight is 370 g/mol. The Labute approximate surface area is 153 Å². The molecule has 0 saturated carbocycles. The minimum Gasteiger partial charge on any atom is -0.494 e. The van der Waals surface area contributed by atoms with E-state index in [0.717, 1.165) is 35.8 Å². The zero-order valence-electron chi connectivity index (χ0n) is 13.5. The number of nitrogens with one attached hydrogen (secondary N) is 1. The van der Waals surface area contributed by atoms with Crippen LogP contribution in [0, 0.1) is 0 Å². The van der Waals surface area contributed by atoms with Crippen LogP contribution in [0.2, 0.25) is 5.02 Å². The first-order chi connectivity index (χ1) is 11.2. The van der Waals surface area contributed by atoms with Crippen LogP contribution >= 0.6 is 24.0 Å². The minimum absolute atomic E-state index is 0. The molecule has 0 bridgehead atoms. The Morgan fingerprint density at radius 1 is 1.04 bits per heavy atom. The Kier molecular flexibility index (Phi) is 9.05. The fourth-order valence-electron chi connectivity index (χ4n) is 2.02. The van der Waals surface area contributed by atoms with Crippen molar-refractivity contribution in [2.24, 2.45) is 0 Å². The van der Waals surface area contributed by atoms with Crippen LogP contribution in [0.3, 0.4) is 0 Å². The molecule has 24 heavy (non-hydrogen) atoms. The lowest BCUT2D eigenvalue weighted by atomic mass is 10.2. The van der Waals surface area contributed by atoms with E-state index in [-0.39, 0.29) is 18.4 Å². The second-order valence-corrected chi connectivity index (χ2v) is 5.44. The Morgan fingerprint density at radius 2 is 1.71 bits per heavy atom. The third-order valence-electron chi connectivity index (χ3n) is 3.29. The standard InChI is InChI=1S/C18H20ClNO3.ClH/c1-22-18(21)14-4-10-17(11-5-14)23-13-3-2-12-20-16-8-6-15(19)7-9-16;/h4-11,20H,2-3,12-13H2,1H3;1H. The molecule has 0 aromatic heterocycles. The van der Waals surface area contributed by atoms with Gasteiger partial charge in [0.05, 0.1) is 19.3 Å². The molecule has 2 aromatic carbocycles. The van der Waals surface area contributed by atoms with Gasteiger partial charge in [0.2, 0.25) is 0 Å². The van der Waals surface area contributed by atoms with Crippen LogP contribution in [0.25, 0.3) is 0 Å². The molecule has 0 heterocycles. The van der Waals surface area contributed by atoms with E-state index in [0.29, 0.717) is 12.2 Å². The molecule has 0 aliphatic heterocycles. The van der Waals surface area contributed by atoms with Crippen LogP contribution in [0.1, 0.15) is 23.2 Å². The number of rotatable bonds is 8. The smallest absolute Gasteiger partial charge is 0.337 e. The van der Waals surface area contributed by atoms with Crippen LogP contribution < -0.4 is 10.1 Å². The number of carbonyl (C=O) groups is 1. The number of halogens is 2. The Bertz CT molecular complexity index is 615. The number of ether oxygens (including phenoxy) is 2. The summed E-state index contributed by atoms with van der Waals surface area (Å²) in [7, 11) is 1.37. The lowest BCUT2D eigenvalue weighted by Gasteiger charge is -2.08. The highest BCUT2D eigenvalue weighted by atomic mass is 35.5. The van der Waals surface area contributed by atoms with Crippen molar-refractivity contribution in [3.8, 4) is 5.75 Å². The number of methoxy groups -OCH3 is 1. The van der Waals surface area contributed by atoms with Crippen LogP contribution in [0.4, 0.5) is 5.69 Å². The quantitative estimate of drug-likeness (QED) is 0.535. The maximum Gasteiger partial charge on any atom is 0.337 e. The molecule has 0 fully saturated rings. The van der Waals surface area contributed by atoms with Crippen molar-refractivity contribution in [3.05, 3.63) is 59.1 Å². The number of hydrogen-bond acceptors (Lipinski definition) is 4. The van der Waals surface area contributed by atoms with E-state index in [9.17, 15) is 4.79 Å². The van der Waals surface area contributed by atoms with Gasteiger partial charge in [0, 0.05) is 17.3 Å². The molecule has 6 heteroatoms. The van der Waals surface area contributed by atoms with Crippen LogP contribution in [0.5, 0.6) is 5.75 Å². The van der Waals surface area contributed by atoms with Crippen molar-refractivity contribution in [1.82, 2.24) is 0 Å². The summed E-state index contributed by atoms with van der Waals surface area (Å²) >= 11 is 5.84. The van der Waals surface area contributed by atoms with Crippen molar-refractivity contribution >= 4 is 35.7 Å². The van der Waals surface area contributed by atoms with Crippen molar-refractivity contribution in [2.45, 2.75) is 12.8 Å². The lowest BCUT2D eigenvalue weighted by molar-refractivity contribution is 0.0600. The Balaban J connectivity index is 0.00000288. The maximum atomic E-state index is 11.3. The molecule has 0 spiro atoms. The van der Waals surface area contributed by atoms with E-state index >= 15 is 0 Å². The highest BCUT2D eigenvalue weighted by molar-refractivity contribution is 6.30. The first-order valence-electron chi connectivity index (χ1n) is 7.49. The normalized spacial score (nSPS) is 9.75. The van der Waals surface area contributed by atoms with Gasteiger partial charge in [-0.15, -0.1) is 12.4 Å². The monoisotopic (exact) mass is 369 g/mol. The Hall–Kier alpha value is -1.91. The molecule has 4 nitrogen and oxygen atoms in total. The molecule has 0 atom stereocenters. The van der Waals surface area contributed by atoms with Gasteiger partial charge in [0.25, 0.3) is 0 Å². The summed E-state index contributed by atoms with van der Waals surface area (Å²) in [5.74, 6) is 0.410. The van der Waals surface area contributed by atoms with E-state index in [2.05, 4.69) is 10.1 Å². The van der Waals surface area contributed by atoms with E-state index in [1.54, 1.807) is 24.3 Å². The van der Waals surface area contributed by atoms with Crippen molar-refractivity contribution in [2.75, 3.05) is 25.6 Å². The maximum absolute atomic E-state index is 11.3. The summed E-state index contributed by atoms with van der Waals surface area (Å²) in [6.45, 7) is 1.52. The number of anilines is 1. The molecule has 0 unspecified atom stereocenters. The summed E-state index contributed by atoms with van der Waals surface area (Å²) in [5, 5.41) is 4.07. The van der Waals surface area contributed by atoms with E-state index in [1.165, 1.54) is 7.11 Å². The molecule has 0 saturated heterocycles. The summed E-state index contributed by atoms with van der Waals surface area (Å²) in [4.78, 5) is 11.3. The van der Waals surface area contributed by atoms with Crippen LogP contribution in [0.15, 0.2) is 48.5 Å². The molecule has 1 N–H and O–H groups in total. The number of unbranched alkanes of at least 4 members (excludes halogenated alkanes) is 1. The summed E-state index contributed by atoms with van der Waals surface area (Å²) in [5.41, 5.74) is 1.58. The number of esters is 1. The second-order valence-electron chi connectivity index (χ2n) is 5.01. The fourth-order valence-corrected chi connectivity index (χ4v) is 2.15. The van der Waals surface area contributed by atoms with Gasteiger partial charge in [-0.3, -0.25) is 0 Å². The zero-order valence-corrected chi connectivity index (χ0v) is 15.0. The van der Waals surface area contributed by atoms with Crippen molar-refractivity contribution in [1.29, 1.82) is 0 Å². The van der Waals surface area contributed by atoms with Crippen LogP contribution in [-0.2, 0) is 4.74 Å². The summed E-state index contributed by atoms with van der Waals surface area (Å²) in [6, 6.07) is 14.6. The fraction of sp³-hybridized carbons (Fsp3) is 0.278. The molecule has 2 aromatic rings. The number of hydrogen-bond donors (Lipinski definition) is 1. The minimum atomic E-state index is -0.343. The molecule has 0 aliphatic rings. The molecule has 130 valence electrons. The molecule has 0 radical (unpaired) electrons. The SMILES string of the molecule is COC(=O)c1ccc(OCCCCNc2ccc(Cl)cc2)cc1.Cl. The van der Waals surface area contributed by atoms with E-state index in [1.807, 2.05) is 24.3 Å². The highest BCUT2D eigenvalue weighted by Crippen LogP contribution is 2.14. The van der Waals surface area contributed by atoms with Gasteiger partial charge in [-0.25, -0.2) is 4.79 Å². The van der Waals surface area contributed by atoms with Crippen molar-refractivity contribution < 1.29 is 14.3 Å². The summed E-state index contributed by atoms with van der Waals surface area (Å²) < 4.78 is 10.3. The molecular formula is C18H21Cl2NO3. The topological polar surface area (TPSA) is 47.6 Å². The van der Waals surface area contributed by atoms with E-state index < -0.39 is 0 Å². The third kappa shape index (κ3) is 6.69.